The number of nitrogens with two attached hydrogens (primary N) is 6. The Morgan fingerprint density at radius 3 is 1.58 bits per heavy atom. The van der Waals surface area contributed by atoms with Crippen LogP contribution in [0.25, 0.3) is 0 Å². The summed E-state index contributed by atoms with van der Waals surface area (Å²) in [7, 11) is 0. The molecule has 38 nitrogen and oxygen atoms in total. The predicted molar refractivity (Wildman–Crippen MR) is 381 cm³/mol. The minimum atomic E-state index is -1.80. The number of benzene rings is 2. The van der Waals surface area contributed by atoms with Gasteiger partial charge in [-0.15, -0.1) is 0 Å². The summed E-state index contributed by atoms with van der Waals surface area (Å²) < 4.78 is 0. The Morgan fingerprint density at radius 2 is 1.04 bits per heavy atom. The van der Waals surface area contributed by atoms with E-state index in [1.807, 2.05) is 0 Å². The molecular formula is C68H105N19O19. The molecule has 2 saturated heterocycles. The van der Waals surface area contributed by atoms with Gasteiger partial charge < -0.3 is 118 Å². The molecule has 2 heterocycles. The Kier molecular flexibility index (Phi) is 36.7. The number of aliphatic carboxylic acids is 1. The fourth-order valence-corrected chi connectivity index (χ4v) is 11.8. The van der Waals surface area contributed by atoms with E-state index in [1.165, 1.54) is 29.2 Å². The van der Waals surface area contributed by atoms with Crippen LogP contribution in [0.1, 0.15) is 122 Å². The van der Waals surface area contributed by atoms with E-state index in [-0.39, 0.29) is 109 Å². The molecule has 14 amide bonds. The zero-order valence-electron chi connectivity index (χ0n) is 60.1. The molecular weight excluding hydrogens is 1390 g/mol. The van der Waals surface area contributed by atoms with E-state index >= 15 is 0 Å². The minimum absolute atomic E-state index is 0.0207. The molecule has 0 aromatic heterocycles. The van der Waals surface area contributed by atoms with Gasteiger partial charge in [0, 0.05) is 38.9 Å². The summed E-state index contributed by atoms with van der Waals surface area (Å²) >= 11 is 0. The Balaban J connectivity index is 1.48. The molecule has 0 spiro atoms. The maximum absolute atomic E-state index is 14.5. The first-order valence-electron chi connectivity index (χ1n) is 35.2. The van der Waals surface area contributed by atoms with Crippen LogP contribution in [0, 0.1) is 11.8 Å². The lowest BCUT2D eigenvalue weighted by Gasteiger charge is -2.32. The van der Waals surface area contributed by atoms with Crippen LogP contribution < -0.4 is 87.6 Å². The first-order valence-corrected chi connectivity index (χ1v) is 35.2. The van der Waals surface area contributed by atoms with Crippen molar-refractivity contribution in [2.45, 2.75) is 197 Å². The van der Waals surface area contributed by atoms with Gasteiger partial charge in [0.25, 0.3) is 0 Å². The number of aliphatic hydroxyl groups excluding tert-OH is 2. The molecule has 0 bridgehead atoms. The molecule has 2 aliphatic heterocycles. The third kappa shape index (κ3) is 28.5. The van der Waals surface area contributed by atoms with E-state index in [0.717, 1.165) is 4.90 Å². The van der Waals surface area contributed by atoms with Crippen molar-refractivity contribution in [3.63, 3.8) is 0 Å². The number of rotatable bonds is 45. The minimum Gasteiger partial charge on any atom is -0.508 e. The van der Waals surface area contributed by atoms with Gasteiger partial charge in [-0.1, -0.05) is 76.6 Å². The molecule has 38 heteroatoms. The highest BCUT2D eigenvalue weighted by Gasteiger charge is 2.43. The summed E-state index contributed by atoms with van der Waals surface area (Å²) in [4.78, 5) is 210. The molecule has 2 fully saturated rings. The first-order chi connectivity index (χ1) is 50.2. The number of unbranched alkanes of at least 4 members (excludes halogenated alkanes) is 1. The summed E-state index contributed by atoms with van der Waals surface area (Å²) in [5.41, 5.74) is 34.5. The second kappa shape index (κ2) is 44.3. The molecule has 13 atom stereocenters. The van der Waals surface area contributed by atoms with Crippen LogP contribution in [-0.2, 0) is 84.8 Å². The molecule has 0 radical (unpaired) electrons. The average Bonchev–Trinajstić information content (AvgIpc) is 1.59. The highest BCUT2D eigenvalue weighted by Crippen LogP contribution is 2.23. The molecule has 0 aliphatic carbocycles. The van der Waals surface area contributed by atoms with Gasteiger partial charge in [0.2, 0.25) is 82.7 Å². The number of carbonyl (C=O) groups excluding carboxylic acids is 14. The number of hydrogen-bond acceptors (Lipinski definition) is 21. The number of carboxylic acids is 1. The van der Waals surface area contributed by atoms with Crippen LogP contribution in [0.15, 0.2) is 59.6 Å². The van der Waals surface area contributed by atoms with E-state index < -0.39 is 206 Å². The number of likely N-dealkylation sites (tertiary alicyclic amines) is 2. The number of hydrogen-bond donors (Lipinski definition) is 20. The van der Waals surface area contributed by atoms with Gasteiger partial charge >= 0.3 is 5.97 Å². The third-order valence-electron chi connectivity index (χ3n) is 17.9. The van der Waals surface area contributed by atoms with Crippen LogP contribution in [0.2, 0.25) is 0 Å². The van der Waals surface area contributed by atoms with Gasteiger partial charge in [-0.2, -0.15) is 0 Å². The van der Waals surface area contributed by atoms with Gasteiger partial charge in [0.05, 0.1) is 32.2 Å². The highest BCUT2D eigenvalue weighted by atomic mass is 16.4. The quantitative estimate of drug-likeness (QED) is 0.0166. The van der Waals surface area contributed by atoms with Gasteiger partial charge in [0.15, 0.2) is 5.96 Å². The van der Waals surface area contributed by atoms with Crippen LogP contribution >= 0.6 is 0 Å². The van der Waals surface area contributed by atoms with Crippen molar-refractivity contribution in [1.29, 1.82) is 0 Å². The number of aliphatic hydroxyl groups is 2. The second-order valence-electron chi connectivity index (χ2n) is 26.5. The zero-order chi connectivity index (χ0) is 78.9. The maximum Gasteiger partial charge on any atom is 0.326 e. The molecule has 106 heavy (non-hydrogen) atoms. The Labute approximate surface area is 612 Å². The number of phenols is 1. The SMILES string of the molecule is CC[C@H](C)[C@H](NC(=O)[C@H](CCCCN)NC(=O)[C@H](CO)NC(=O)[C@H](CCCN=C(N)N)NC(=O)[C@@H]1CCCN1C(=O)[C@@H](NC(=O)[C@H](Cc1ccccc1)NC(=O)[C@@H](N)CC(N)=O)C(C)C)C(=O)N[C@@H](CO)C(=O)N1CCC[C@H]1C(=O)N[C@@H](CCC(N)=O)C(=O)NCC(=O)N[C@@H](Cc1ccc(O)cc1)C(=O)O. The topological polar surface area (TPSA) is 632 Å². The lowest BCUT2D eigenvalue weighted by Crippen LogP contribution is -2.62. The van der Waals surface area contributed by atoms with Crippen LogP contribution in [-0.4, -0.2) is 243 Å². The van der Waals surface area contributed by atoms with Gasteiger partial charge in [0.1, 0.15) is 72.2 Å². The molecule has 2 aromatic rings. The first kappa shape index (κ1) is 87.8. The molecule has 26 N–H and O–H groups in total. The van der Waals surface area contributed by atoms with Gasteiger partial charge in [-0.05, 0) is 106 Å². The molecule has 4 rings (SSSR count). The smallest absolute Gasteiger partial charge is 0.326 e. The van der Waals surface area contributed by atoms with Crippen molar-refractivity contribution in [3.8, 4) is 5.75 Å². The van der Waals surface area contributed by atoms with Gasteiger partial charge in [-0.3, -0.25) is 72.1 Å². The van der Waals surface area contributed by atoms with Crippen LogP contribution in [0.3, 0.4) is 0 Å². The number of phenolic OH excluding ortho intramolecular Hbond substituents is 1. The van der Waals surface area contributed by atoms with Crippen molar-refractivity contribution in [1.82, 2.24) is 63.0 Å². The van der Waals surface area contributed by atoms with Crippen molar-refractivity contribution in [3.05, 3.63) is 65.7 Å². The number of carboxylic acid groups (broad SMARTS) is 1. The molecule has 0 saturated carbocycles. The van der Waals surface area contributed by atoms with Gasteiger partial charge in [-0.25, -0.2) is 4.79 Å². The van der Waals surface area contributed by atoms with Crippen molar-refractivity contribution < 1.29 is 92.3 Å². The zero-order valence-corrected chi connectivity index (χ0v) is 60.1. The van der Waals surface area contributed by atoms with Crippen molar-refractivity contribution >= 4 is 94.6 Å². The fourth-order valence-electron chi connectivity index (χ4n) is 11.8. The summed E-state index contributed by atoms with van der Waals surface area (Å²) in [6.45, 7) is 3.80. The predicted octanol–water partition coefficient (Wildman–Crippen LogP) is -6.94. The van der Waals surface area contributed by atoms with E-state index in [4.69, 9.17) is 34.4 Å². The number of amides is 14. The van der Waals surface area contributed by atoms with E-state index in [1.54, 1.807) is 58.0 Å². The third-order valence-corrected chi connectivity index (χ3v) is 17.9. The fraction of sp³-hybridized carbons (Fsp3) is 0.588. The number of carbonyl (C=O) groups is 15. The normalized spacial score (nSPS) is 17.1. The van der Waals surface area contributed by atoms with E-state index in [9.17, 15) is 92.3 Å². The van der Waals surface area contributed by atoms with Crippen molar-refractivity contribution in [2.75, 3.05) is 45.9 Å². The Bertz CT molecular complexity index is 3400. The number of guanidine groups is 1. The average molecular weight is 1490 g/mol. The lowest BCUT2D eigenvalue weighted by molar-refractivity contribution is -0.143. The summed E-state index contributed by atoms with van der Waals surface area (Å²) in [5.74, 6) is -15.7. The number of nitrogens with one attached hydrogen (secondary N) is 10. The second-order valence-corrected chi connectivity index (χ2v) is 26.5. The Morgan fingerprint density at radius 1 is 0.538 bits per heavy atom. The van der Waals surface area contributed by atoms with E-state index in [0.29, 0.717) is 24.0 Å². The van der Waals surface area contributed by atoms with Crippen molar-refractivity contribution in [2.24, 2.45) is 51.2 Å². The van der Waals surface area contributed by atoms with E-state index in [2.05, 4.69) is 58.2 Å². The Hall–Kier alpha value is -10.6. The standard InChI is InChI=1S/C68H105N19O19/c1-5-37(4)55(64(102)83-48(35-89)65(103)86-28-12-18-49(86)62(100)80-44(24-25-51(71)91)57(95)76-33-53(93)77-46(67(105)106)31-39-20-22-40(90)23-21-39)85-59(97)42(16-9-10-26-69)78-61(99)47(34-88)82-58(96)43(17-11-27-75-68(73)74)79-63(101)50-19-13-29-87(50)66(104)54(36(2)3)84-60(98)45(30-38-14-7-6-8-15-38)81-56(94)41(70)32-52(72)92/h6-8,14-15,20-23,36-37,41-50,54-55,88-90H,5,9-13,16-19,24-35,69-70H2,1-4H3,(H2,71,91)(H2,72,92)(H,76,95)(H,77,93)(H,78,99)(H,79,101)(H,80,100)(H,81,94)(H,82,96)(H,83,102)(H,84,98)(H,85,97)(H,105,106)(H4,73,74,75)/t37-,41-,42-,43-,44-,45-,46-,47-,48-,49-,50-,54-,55-/m0/s1. The number of aliphatic imine (C=N–C) groups is 1. The molecule has 586 valence electrons. The van der Waals surface area contributed by atoms with Crippen LogP contribution in [0.5, 0.6) is 5.75 Å². The lowest BCUT2D eigenvalue weighted by atomic mass is 9.97. The number of nitrogens with zero attached hydrogens (tertiary/aromatic N) is 3. The summed E-state index contributed by atoms with van der Waals surface area (Å²) in [6, 6.07) is -3.27. The summed E-state index contributed by atoms with van der Waals surface area (Å²) in [6.07, 6.45) is -0.314. The summed E-state index contributed by atoms with van der Waals surface area (Å²) in [5, 5.41) is 65.6. The maximum atomic E-state index is 14.5. The largest absolute Gasteiger partial charge is 0.508 e. The monoisotopic (exact) mass is 1490 g/mol. The molecule has 0 unspecified atom stereocenters. The highest BCUT2D eigenvalue weighted by molar-refractivity contribution is 6.00. The number of primary amides is 2. The van der Waals surface area contributed by atoms with Crippen LogP contribution in [0.4, 0.5) is 0 Å². The molecule has 2 aliphatic rings. The molecule has 2 aromatic carbocycles. The number of aromatic hydroxyl groups is 1.